The van der Waals surface area contributed by atoms with Crippen LogP contribution >= 0.6 is 0 Å². The molecule has 0 aliphatic carbocycles. The molecule has 1 aromatic carbocycles. The maximum atomic E-state index is 13.2. The third-order valence-electron chi connectivity index (χ3n) is 6.38. The van der Waals surface area contributed by atoms with Gasteiger partial charge in [0.05, 0.1) is 0 Å². The molecule has 29 heavy (non-hydrogen) atoms. The Morgan fingerprint density at radius 3 is 2.21 bits per heavy atom. The van der Waals surface area contributed by atoms with Gasteiger partial charge in [-0.3, -0.25) is 14.4 Å². The lowest BCUT2D eigenvalue weighted by Crippen LogP contribution is -2.54. The fraction of sp³-hybridized carbons (Fsp3) is 0.609. The lowest BCUT2D eigenvalue weighted by atomic mass is 9.92. The number of likely N-dealkylation sites (tertiary alicyclic amines) is 2. The van der Waals surface area contributed by atoms with E-state index in [-0.39, 0.29) is 29.6 Å². The van der Waals surface area contributed by atoms with E-state index >= 15 is 0 Å². The third-order valence-corrected chi connectivity index (χ3v) is 6.38. The molecular formula is C23H33N3O3. The summed E-state index contributed by atoms with van der Waals surface area (Å²) in [5, 5.41) is 2.95. The van der Waals surface area contributed by atoms with Crippen LogP contribution in [0.3, 0.4) is 0 Å². The minimum atomic E-state index is -0.543. The quantitative estimate of drug-likeness (QED) is 0.800. The zero-order valence-electron chi connectivity index (χ0n) is 17.6. The van der Waals surface area contributed by atoms with Crippen LogP contribution in [0, 0.1) is 11.8 Å². The maximum Gasteiger partial charge on any atom is 0.251 e. The van der Waals surface area contributed by atoms with Crippen molar-refractivity contribution in [2.45, 2.75) is 52.0 Å². The number of amides is 3. The maximum absolute atomic E-state index is 13.2. The molecule has 6 nitrogen and oxygen atoms in total. The molecule has 2 aliphatic heterocycles. The molecule has 2 atom stereocenters. The van der Waals surface area contributed by atoms with E-state index in [1.54, 1.807) is 12.1 Å². The van der Waals surface area contributed by atoms with E-state index < -0.39 is 6.04 Å². The number of carbonyl (C=O) groups is 3. The normalized spacial score (nSPS) is 19.7. The van der Waals surface area contributed by atoms with Crippen molar-refractivity contribution in [3.8, 4) is 0 Å². The molecule has 0 saturated carbocycles. The monoisotopic (exact) mass is 399 g/mol. The summed E-state index contributed by atoms with van der Waals surface area (Å²) in [6, 6.07) is 8.46. The summed E-state index contributed by atoms with van der Waals surface area (Å²) in [6.07, 6.45) is 4.42. The van der Waals surface area contributed by atoms with Crippen LogP contribution < -0.4 is 5.32 Å². The lowest BCUT2D eigenvalue weighted by Gasteiger charge is -2.36. The van der Waals surface area contributed by atoms with E-state index in [0.717, 1.165) is 32.4 Å². The molecule has 2 fully saturated rings. The van der Waals surface area contributed by atoms with Crippen molar-refractivity contribution in [1.82, 2.24) is 15.1 Å². The molecule has 0 spiro atoms. The van der Waals surface area contributed by atoms with Gasteiger partial charge in [0.2, 0.25) is 11.8 Å². The number of carbonyl (C=O) groups excluding carboxylic acids is 3. The van der Waals surface area contributed by atoms with Crippen LogP contribution in [0.25, 0.3) is 0 Å². The van der Waals surface area contributed by atoms with E-state index in [1.807, 2.05) is 41.8 Å². The summed E-state index contributed by atoms with van der Waals surface area (Å²) < 4.78 is 0. The molecule has 0 unspecified atom stereocenters. The molecule has 0 radical (unpaired) electrons. The van der Waals surface area contributed by atoms with Crippen LogP contribution in [0.5, 0.6) is 0 Å². The second kappa shape index (κ2) is 9.90. The van der Waals surface area contributed by atoms with Crippen molar-refractivity contribution < 1.29 is 14.4 Å². The van der Waals surface area contributed by atoms with Crippen molar-refractivity contribution in [1.29, 1.82) is 0 Å². The minimum Gasteiger partial charge on any atom is -0.342 e. The Labute approximate surface area is 173 Å². The molecule has 6 heteroatoms. The second-order valence-corrected chi connectivity index (χ2v) is 8.33. The molecule has 3 rings (SSSR count). The molecule has 2 heterocycles. The largest absolute Gasteiger partial charge is 0.342 e. The molecule has 1 aromatic rings. The van der Waals surface area contributed by atoms with E-state index in [4.69, 9.17) is 0 Å². The van der Waals surface area contributed by atoms with Gasteiger partial charge in [0.25, 0.3) is 5.91 Å². The molecule has 1 N–H and O–H groups in total. The first-order chi connectivity index (χ1) is 14.0. The van der Waals surface area contributed by atoms with E-state index in [2.05, 4.69) is 5.32 Å². The Bertz CT molecular complexity index is 707. The van der Waals surface area contributed by atoms with E-state index in [9.17, 15) is 14.4 Å². The number of nitrogens with one attached hydrogen (secondary N) is 1. The Morgan fingerprint density at radius 1 is 1.00 bits per heavy atom. The summed E-state index contributed by atoms with van der Waals surface area (Å²) in [4.78, 5) is 42.3. The van der Waals surface area contributed by atoms with E-state index in [1.165, 1.54) is 0 Å². The summed E-state index contributed by atoms with van der Waals surface area (Å²) in [7, 11) is 0. The Morgan fingerprint density at radius 2 is 1.62 bits per heavy atom. The second-order valence-electron chi connectivity index (χ2n) is 8.33. The van der Waals surface area contributed by atoms with Gasteiger partial charge in [-0.15, -0.1) is 0 Å². The zero-order chi connectivity index (χ0) is 20.8. The topological polar surface area (TPSA) is 69.7 Å². The highest BCUT2D eigenvalue weighted by molar-refractivity contribution is 5.97. The number of nitrogens with zero attached hydrogens (tertiary/aromatic N) is 2. The Kier molecular flexibility index (Phi) is 7.29. The summed E-state index contributed by atoms with van der Waals surface area (Å²) in [5.41, 5.74) is 0.559. The summed E-state index contributed by atoms with van der Waals surface area (Å²) >= 11 is 0. The Balaban J connectivity index is 1.60. The van der Waals surface area contributed by atoms with Gasteiger partial charge >= 0.3 is 0 Å². The van der Waals surface area contributed by atoms with Crippen LogP contribution in [-0.4, -0.2) is 59.7 Å². The van der Waals surface area contributed by atoms with Crippen molar-refractivity contribution in [3.05, 3.63) is 35.9 Å². The van der Waals surface area contributed by atoms with Crippen molar-refractivity contribution in [2.24, 2.45) is 11.8 Å². The highest BCUT2D eigenvalue weighted by Gasteiger charge is 2.35. The fourth-order valence-electron chi connectivity index (χ4n) is 4.24. The van der Waals surface area contributed by atoms with Crippen LogP contribution in [-0.2, 0) is 9.59 Å². The number of piperidine rings is 1. The zero-order valence-corrected chi connectivity index (χ0v) is 17.6. The first-order valence-electron chi connectivity index (χ1n) is 10.9. The predicted molar refractivity (Wildman–Crippen MR) is 112 cm³/mol. The molecular weight excluding hydrogens is 366 g/mol. The minimum absolute atomic E-state index is 0.0260. The van der Waals surface area contributed by atoms with Crippen molar-refractivity contribution >= 4 is 17.7 Å². The number of benzene rings is 1. The highest BCUT2D eigenvalue weighted by atomic mass is 16.2. The van der Waals surface area contributed by atoms with Gasteiger partial charge in [0, 0.05) is 37.7 Å². The van der Waals surface area contributed by atoms with Crippen LogP contribution in [0.2, 0.25) is 0 Å². The standard InChI is InChI=1S/C23H33N3O3/c1-3-17(2)20(24-21(27)18-9-5-4-6-10-18)23(29)26-15-11-19(12-16-26)22(28)25-13-7-8-14-25/h4-6,9-10,17,19-20H,3,7-8,11-16H2,1-2H3,(H,24,27)/t17-,20+/m0/s1. The fourth-order valence-corrected chi connectivity index (χ4v) is 4.24. The molecule has 0 bridgehead atoms. The molecule has 3 amide bonds. The highest BCUT2D eigenvalue weighted by Crippen LogP contribution is 2.23. The molecule has 0 aromatic heterocycles. The van der Waals surface area contributed by atoms with Gasteiger partial charge in [-0.2, -0.15) is 0 Å². The molecule has 2 aliphatic rings. The van der Waals surface area contributed by atoms with Crippen LogP contribution in [0.1, 0.15) is 56.3 Å². The van der Waals surface area contributed by atoms with Gasteiger partial charge in [0.15, 0.2) is 0 Å². The summed E-state index contributed by atoms with van der Waals surface area (Å²) in [6.45, 7) is 6.94. The predicted octanol–water partition coefficient (Wildman–Crippen LogP) is 2.69. The average Bonchev–Trinajstić information content (AvgIpc) is 3.31. The first kappa shape index (κ1) is 21.3. The Hall–Kier alpha value is -2.37. The van der Waals surface area contributed by atoms with Gasteiger partial charge in [-0.05, 0) is 43.7 Å². The van der Waals surface area contributed by atoms with Gasteiger partial charge < -0.3 is 15.1 Å². The van der Waals surface area contributed by atoms with Crippen molar-refractivity contribution in [3.63, 3.8) is 0 Å². The number of hydrogen-bond acceptors (Lipinski definition) is 3. The molecule has 2 saturated heterocycles. The smallest absolute Gasteiger partial charge is 0.251 e. The van der Waals surface area contributed by atoms with Crippen LogP contribution in [0.4, 0.5) is 0 Å². The summed E-state index contributed by atoms with van der Waals surface area (Å²) in [5.74, 6) is 0.0710. The van der Waals surface area contributed by atoms with Gasteiger partial charge in [-0.1, -0.05) is 38.5 Å². The van der Waals surface area contributed by atoms with Gasteiger partial charge in [0.1, 0.15) is 6.04 Å². The number of rotatable bonds is 6. The van der Waals surface area contributed by atoms with Gasteiger partial charge in [-0.25, -0.2) is 0 Å². The molecule has 158 valence electrons. The SMILES string of the molecule is CC[C@H](C)[C@@H](NC(=O)c1ccccc1)C(=O)N1CCC(C(=O)N2CCCC2)CC1. The third kappa shape index (κ3) is 5.17. The lowest BCUT2D eigenvalue weighted by molar-refractivity contribution is -0.141. The first-order valence-corrected chi connectivity index (χ1v) is 10.9. The van der Waals surface area contributed by atoms with Crippen molar-refractivity contribution in [2.75, 3.05) is 26.2 Å². The average molecular weight is 400 g/mol. The van der Waals surface area contributed by atoms with Crippen LogP contribution in [0.15, 0.2) is 30.3 Å². The van der Waals surface area contributed by atoms with E-state index in [0.29, 0.717) is 31.5 Å². The number of hydrogen-bond donors (Lipinski definition) is 1.